The van der Waals surface area contributed by atoms with Crippen molar-refractivity contribution >= 4 is 11.8 Å². The highest BCUT2D eigenvalue weighted by molar-refractivity contribution is 5.97. The Labute approximate surface area is 107 Å². The van der Waals surface area contributed by atoms with Gasteiger partial charge >= 0.3 is 0 Å². The predicted octanol–water partition coefficient (Wildman–Crippen LogP) is 1.53. The average Bonchev–Trinajstić information content (AvgIpc) is 2.76. The Kier molecular flexibility index (Phi) is 4.95. The molecule has 0 unspecified atom stereocenters. The normalized spacial score (nSPS) is 10.2. The molecule has 100 valence electrons. The van der Waals surface area contributed by atoms with Crippen molar-refractivity contribution in [3.63, 3.8) is 0 Å². The second-order valence-corrected chi connectivity index (χ2v) is 4.12. The zero-order valence-electron chi connectivity index (χ0n) is 11.4. The van der Waals surface area contributed by atoms with Crippen molar-refractivity contribution in [3.05, 3.63) is 23.7 Å². The van der Waals surface area contributed by atoms with Gasteiger partial charge in [0, 0.05) is 20.1 Å². The molecule has 0 aliphatic heterocycles. The van der Waals surface area contributed by atoms with E-state index in [2.05, 4.69) is 0 Å². The van der Waals surface area contributed by atoms with Crippen LogP contribution in [0, 0.1) is 6.92 Å². The molecule has 0 radical (unpaired) electrons. The van der Waals surface area contributed by atoms with Crippen molar-refractivity contribution in [2.75, 3.05) is 26.7 Å². The third kappa shape index (κ3) is 3.12. The highest BCUT2D eigenvalue weighted by Crippen LogP contribution is 2.11. The van der Waals surface area contributed by atoms with E-state index in [9.17, 15) is 9.59 Å². The first-order chi connectivity index (χ1) is 8.51. The van der Waals surface area contributed by atoms with E-state index in [0.29, 0.717) is 24.4 Å². The minimum Gasteiger partial charge on any atom is -0.469 e. The fourth-order valence-electron chi connectivity index (χ4n) is 1.76. The molecule has 0 aliphatic rings. The molecule has 2 amide bonds. The van der Waals surface area contributed by atoms with Crippen LogP contribution in [0.25, 0.3) is 0 Å². The Balaban J connectivity index is 2.66. The highest BCUT2D eigenvalue weighted by Gasteiger charge is 2.20. The molecular formula is C13H20N2O3. The number of nitrogens with zero attached hydrogens (tertiary/aromatic N) is 2. The molecular weight excluding hydrogens is 232 g/mol. The van der Waals surface area contributed by atoms with Crippen molar-refractivity contribution in [3.8, 4) is 0 Å². The topological polar surface area (TPSA) is 53.8 Å². The second-order valence-electron chi connectivity index (χ2n) is 4.12. The van der Waals surface area contributed by atoms with Crippen LogP contribution in [0.5, 0.6) is 0 Å². The van der Waals surface area contributed by atoms with Crippen LogP contribution in [0.15, 0.2) is 16.7 Å². The van der Waals surface area contributed by atoms with Crippen LogP contribution in [-0.4, -0.2) is 48.3 Å². The number of carbonyl (C=O) groups excluding carboxylic acids is 2. The molecule has 18 heavy (non-hydrogen) atoms. The van der Waals surface area contributed by atoms with E-state index in [1.807, 2.05) is 13.8 Å². The summed E-state index contributed by atoms with van der Waals surface area (Å²) in [5.41, 5.74) is 0.504. The van der Waals surface area contributed by atoms with E-state index in [-0.39, 0.29) is 18.4 Å². The molecule has 0 N–H and O–H groups in total. The van der Waals surface area contributed by atoms with Gasteiger partial charge in [0.05, 0.1) is 18.4 Å². The molecule has 1 heterocycles. The molecule has 0 aliphatic carbocycles. The van der Waals surface area contributed by atoms with Crippen molar-refractivity contribution in [1.82, 2.24) is 9.80 Å². The number of aryl methyl sites for hydroxylation is 1. The van der Waals surface area contributed by atoms with Crippen LogP contribution in [0.2, 0.25) is 0 Å². The second kappa shape index (κ2) is 6.23. The molecule has 1 aromatic rings. The number of hydrogen-bond donors (Lipinski definition) is 0. The quantitative estimate of drug-likeness (QED) is 0.798. The lowest BCUT2D eigenvalue weighted by Crippen LogP contribution is -2.41. The Hall–Kier alpha value is -1.78. The molecule has 0 spiro atoms. The maximum Gasteiger partial charge on any atom is 0.257 e. The third-order valence-electron chi connectivity index (χ3n) is 2.92. The predicted molar refractivity (Wildman–Crippen MR) is 68.3 cm³/mol. The Morgan fingerprint density at radius 2 is 1.89 bits per heavy atom. The van der Waals surface area contributed by atoms with E-state index >= 15 is 0 Å². The number of hydrogen-bond acceptors (Lipinski definition) is 3. The minimum atomic E-state index is -0.193. The summed E-state index contributed by atoms with van der Waals surface area (Å²) in [5.74, 6) is 0.334. The Morgan fingerprint density at radius 1 is 1.28 bits per heavy atom. The molecule has 1 aromatic heterocycles. The van der Waals surface area contributed by atoms with Gasteiger partial charge in [-0.05, 0) is 26.8 Å². The van der Waals surface area contributed by atoms with Gasteiger partial charge in [-0.2, -0.15) is 0 Å². The van der Waals surface area contributed by atoms with Gasteiger partial charge in [0.1, 0.15) is 5.76 Å². The van der Waals surface area contributed by atoms with Gasteiger partial charge < -0.3 is 14.2 Å². The van der Waals surface area contributed by atoms with Crippen LogP contribution in [-0.2, 0) is 4.79 Å². The van der Waals surface area contributed by atoms with Crippen LogP contribution in [0.4, 0.5) is 0 Å². The van der Waals surface area contributed by atoms with Crippen LogP contribution < -0.4 is 0 Å². The maximum absolute atomic E-state index is 12.1. The lowest BCUT2D eigenvalue weighted by atomic mass is 10.2. The molecule has 5 heteroatoms. The van der Waals surface area contributed by atoms with E-state index in [1.165, 1.54) is 11.2 Å². The molecule has 0 atom stereocenters. The summed E-state index contributed by atoms with van der Waals surface area (Å²) in [5, 5.41) is 0. The Morgan fingerprint density at radius 3 is 2.33 bits per heavy atom. The zero-order chi connectivity index (χ0) is 13.7. The van der Waals surface area contributed by atoms with E-state index in [1.54, 1.807) is 24.9 Å². The smallest absolute Gasteiger partial charge is 0.257 e. The molecule has 0 fully saturated rings. The first-order valence-electron chi connectivity index (χ1n) is 6.08. The monoisotopic (exact) mass is 252 g/mol. The van der Waals surface area contributed by atoms with Crippen LogP contribution in [0.1, 0.15) is 30.0 Å². The zero-order valence-corrected chi connectivity index (χ0v) is 11.4. The lowest BCUT2D eigenvalue weighted by Gasteiger charge is -2.23. The lowest BCUT2D eigenvalue weighted by molar-refractivity contribution is -0.131. The van der Waals surface area contributed by atoms with Crippen LogP contribution >= 0.6 is 0 Å². The average molecular weight is 252 g/mol. The van der Waals surface area contributed by atoms with Crippen molar-refractivity contribution in [2.24, 2.45) is 0 Å². The summed E-state index contributed by atoms with van der Waals surface area (Å²) in [4.78, 5) is 27.1. The van der Waals surface area contributed by atoms with Gasteiger partial charge in [-0.1, -0.05) is 0 Å². The fourth-order valence-corrected chi connectivity index (χ4v) is 1.76. The fraction of sp³-hybridized carbons (Fsp3) is 0.538. The summed E-state index contributed by atoms with van der Waals surface area (Å²) >= 11 is 0. The molecule has 5 nitrogen and oxygen atoms in total. The summed E-state index contributed by atoms with van der Waals surface area (Å²) < 4.78 is 5.09. The van der Waals surface area contributed by atoms with Crippen LogP contribution in [0.3, 0.4) is 0 Å². The minimum absolute atomic E-state index is 0.0444. The molecule has 0 saturated carbocycles. The number of amides is 2. The summed E-state index contributed by atoms with van der Waals surface area (Å²) in [6.45, 7) is 6.97. The summed E-state index contributed by atoms with van der Waals surface area (Å²) in [6, 6.07) is 1.62. The summed E-state index contributed by atoms with van der Waals surface area (Å²) in [6.07, 6.45) is 1.47. The first-order valence-corrected chi connectivity index (χ1v) is 6.08. The van der Waals surface area contributed by atoms with E-state index < -0.39 is 0 Å². The molecule has 1 rings (SSSR count). The maximum atomic E-state index is 12.1. The van der Waals surface area contributed by atoms with Gasteiger partial charge in [0.15, 0.2) is 0 Å². The van der Waals surface area contributed by atoms with Crippen molar-refractivity contribution in [1.29, 1.82) is 0 Å². The Bertz CT molecular complexity index is 422. The molecule has 0 saturated heterocycles. The van der Waals surface area contributed by atoms with Crippen molar-refractivity contribution < 1.29 is 14.0 Å². The standard InChI is InChI=1S/C13H20N2O3/c1-5-15(6-2)12(16)9-14(4)13(17)11-7-8-18-10(11)3/h7-8H,5-6,9H2,1-4H3. The number of likely N-dealkylation sites (N-methyl/N-ethyl adjacent to an activating group) is 2. The number of furan rings is 1. The first kappa shape index (κ1) is 14.3. The number of rotatable bonds is 5. The third-order valence-corrected chi connectivity index (χ3v) is 2.92. The van der Waals surface area contributed by atoms with Gasteiger partial charge in [0.2, 0.25) is 5.91 Å². The SMILES string of the molecule is CCN(CC)C(=O)CN(C)C(=O)c1ccoc1C. The van der Waals surface area contributed by atoms with E-state index in [0.717, 1.165) is 0 Å². The summed E-state index contributed by atoms with van der Waals surface area (Å²) in [7, 11) is 1.62. The highest BCUT2D eigenvalue weighted by atomic mass is 16.3. The van der Waals surface area contributed by atoms with Gasteiger partial charge in [-0.15, -0.1) is 0 Å². The van der Waals surface area contributed by atoms with Crippen molar-refractivity contribution in [2.45, 2.75) is 20.8 Å². The van der Waals surface area contributed by atoms with E-state index in [4.69, 9.17) is 4.42 Å². The largest absolute Gasteiger partial charge is 0.469 e. The van der Waals surface area contributed by atoms with Gasteiger partial charge in [-0.25, -0.2) is 0 Å². The molecule has 0 aromatic carbocycles. The number of carbonyl (C=O) groups is 2. The van der Waals surface area contributed by atoms with Gasteiger partial charge in [-0.3, -0.25) is 9.59 Å². The van der Waals surface area contributed by atoms with Gasteiger partial charge in [0.25, 0.3) is 5.91 Å². The molecule has 0 bridgehead atoms.